The number of nitrogens with zero attached hydrogens (tertiary/aromatic N) is 1. The quantitative estimate of drug-likeness (QED) is 0.682. The molecule has 0 bridgehead atoms. The molecule has 0 atom stereocenters. The summed E-state index contributed by atoms with van der Waals surface area (Å²) in [6, 6.07) is 15.6. The number of halogens is 1. The Hall–Kier alpha value is -2.06. The average molecular weight is 298 g/mol. The maximum Gasteiger partial charge on any atom is 0.264 e. The van der Waals surface area contributed by atoms with Crippen molar-refractivity contribution in [3.8, 4) is 5.69 Å². The minimum absolute atomic E-state index is 0.0567. The molecule has 106 valence electrons. The van der Waals surface area contributed by atoms with Crippen LogP contribution in [0.2, 0.25) is 5.02 Å². The first-order valence-electron chi connectivity index (χ1n) is 7.02. The fourth-order valence-corrected chi connectivity index (χ4v) is 2.87. The molecule has 0 aliphatic heterocycles. The lowest BCUT2D eigenvalue weighted by Gasteiger charge is -2.14. The molecule has 1 heterocycles. The van der Waals surface area contributed by atoms with Crippen molar-refractivity contribution in [3.05, 3.63) is 75.2 Å². The summed E-state index contributed by atoms with van der Waals surface area (Å²) in [5.74, 6) is 0. The second-order valence-corrected chi connectivity index (χ2v) is 5.58. The largest absolute Gasteiger partial charge is 0.281 e. The normalized spacial score (nSPS) is 11.0. The first-order valence-corrected chi connectivity index (χ1v) is 7.40. The van der Waals surface area contributed by atoms with Crippen LogP contribution in [-0.4, -0.2) is 4.57 Å². The SMILES string of the molecule is CCc1cc2cccc(Cl)c2c(=O)n1-c1ccc(C)cc1. The van der Waals surface area contributed by atoms with Crippen molar-refractivity contribution in [2.45, 2.75) is 20.3 Å². The standard InChI is InChI=1S/C18H16ClNO/c1-3-14-11-13-5-4-6-16(19)17(13)18(21)20(14)15-9-7-12(2)8-10-15/h4-11H,3H2,1-2H3. The van der Waals surface area contributed by atoms with Gasteiger partial charge >= 0.3 is 0 Å². The summed E-state index contributed by atoms with van der Waals surface area (Å²) in [5, 5.41) is 1.98. The monoisotopic (exact) mass is 297 g/mol. The third kappa shape index (κ3) is 2.36. The molecular weight excluding hydrogens is 282 g/mol. The van der Waals surface area contributed by atoms with Gasteiger partial charge in [-0.15, -0.1) is 0 Å². The molecule has 0 saturated carbocycles. The van der Waals surface area contributed by atoms with Gasteiger partial charge < -0.3 is 0 Å². The lowest BCUT2D eigenvalue weighted by atomic mass is 10.1. The Morgan fingerprint density at radius 2 is 1.81 bits per heavy atom. The van der Waals surface area contributed by atoms with Crippen molar-refractivity contribution in [2.24, 2.45) is 0 Å². The van der Waals surface area contributed by atoms with Gasteiger partial charge in [0, 0.05) is 11.4 Å². The van der Waals surface area contributed by atoms with Gasteiger partial charge in [-0.05, 0) is 43.0 Å². The van der Waals surface area contributed by atoms with E-state index in [1.165, 1.54) is 5.56 Å². The molecule has 2 aromatic carbocycles. The zero-order chi connectivity index (χ0) is 15.0. The van der Waals surface area contributed by atoms with Gasteiger partial charge in [-0.25, -0.2) is 0 Å². The lowest BCUT2D eigenvalue weighted by molar-refractivity contribution is 0.888. The van der Waals surface area contributed by atoms with Crippen LogP contribution in [0.3, 0.4) is 0 Å². The number of fused-ring (bicyclic) bond motifs is 1. The number of pyridine rings is 1. The highest BCUT2D eigenvalue weighted by Crippen LogP contribution is 2.23. The summed E-state index contributed by atoms with van der Waals surface area (Å²) in [5.41, 5.74) is 2.98. The van der Waals surface area contributed by atoms with E-state index in [1.54, 1.807) is 10.6 Å². The number of benzene rings is 2. The summed E-state index contributed by atoms with van der Waals surface area (Å²) in [7, 11) is 0. The molecular formula is C18H16ClNO. The van der Waals surface area contributed by atoms with Crippen molar-refractivity contribution < 1.29 is 0 Å². The van der Waals surface area contributed by atoms with Crippen LogP contribution in [0.4, 0.5) is 0 Å². The third-order valence-electron chi connectivity index (χ3n) is 3.73. The smallest absolute Gasteiger partial charge is 0.264 e. The van der Waals surface area contributed by atoms with Crippen molar-refractivity contribution in [3.63, 3.8) is 0 Å². The molecule has 1 aromatic heterocycles. The van der Waals surface area contributed by atoms with Crippen LogP contribution < -0.4 is 5.56 Å². The van der Waals surface area contributed by atoms with Gasteiger partial charge in [0.25, 0.3) is 5.56 Å². The molecule has 21 heavy (non-hydrogen) atoms. The predicted octanol–water partition coefficient (Wildman–Crippen LogP) is 4.51. The Bertz CT molecular complexity index is 863. The van der Waals surface area contributed by atoms with Crippen LogP contribution in [0, 0.1) is 6.92 Å². The highest BCUT2D eigenvalue weighted by molar-refractivity contribution is 6.35. The van der Waals surface area contributed by atoms with Gasteiger partial charge in [-0.3, -0.25) is 9.36 Å². The minimum atomic E-state index is -0.0567. The van der Waals surface area contributed by atoms with Gasteiger partial charge in [-0.1, -0.05) is 48.4 Å². The van der Waals surface area contributed by atoms with E-state index in [0.717, 1.165) is 23.2 Å². The van der Waals surface area contributed by atoms with Crippen LogP contribution in [0.1, 0.15) is 18.2 Å². The second kappa shape index (κ2) is 5.38. The Morgan fingerprint density at radius 1 is 1.10 bits per heavy atom. The molecule has 0 amide bonds. The third-order valence-corrected chi connectivity index (χ3v) is 4.04. The van der Waals surface area contributed by atoms with Gasteiger partial charge in [0.15, 0.2) is 0 Å². The van der Waals surface area contributed by atoms with Crippen molar-refractivity contribution in [2.75, 3.05) is 0 Å². The number of hydrogen-bond donors (Lipinski definition) is 0. The van der Waals surface area contributed by atoms with Gasteiger partial charge in [0.05, 0.1) is 10.4 Å². The topological polar surface area (TPSA) is 22.0 Å². The number of aryl methyl sites for hydroxylation is 2. The van der Waals surface area contributed by atoms with E-state index in [9.17, 15) is 4.79 Å². The zero-order valence-corrected chi connectivity index (χ0v) is 12.8. The molecule has 0 radical (unpaired) electrons. The van der Waals surface area contributed by atoms with E-state index in [0.29, 0.717) is 10.4 Å². The molecule has 0 aliphatic carbocycles. The molecule has 3 aromatic rings. The van der Waals surface area contributed by atoms with E-state index in [-0.39, 0.29) is 5.56 Å². The Balaban J connectivity index is 2.41. The maximum atomic E-state index is 12.9. The fraction of sp³-hybridized carbons (Fsp3) is 0.167. The van der Waals surface area contributed by atoms with Crippen LogP contribution >= 0.6 is 11.6 Å². The van der Waals surface area contributed by atoms with Gasteiger partial charge in [0.2, 0.25) is 0 Å². The molecule has 0 unspecified atom stereocenters. The summed E-state index contributed by atoms with van der Waals surface area (Å²) >= 11 is 6.23. The summed E-state index contributed by atoms with van der Waals surface area (Å²) in [6.45, 7) is 4.08. The molecule has 0 saturated heterocycles. The first kappa shape index (κ1) is 13.9. The summed E-state index contributed by atoms with van der Waals surface area (Å²) in [6.07, 6.45) is 0.783. The van der Waals surface area contributed by atoms with E-state index in [4.69, 9.17) is 11.6 Å². The van der Waals surface area contributed by atoms with Gasteiger partial charge in [-0.2, -0.15) is 0 Å². The zero-order valence-electron chi connectivity index (χ0n) is 12.1. The minimum Gasteiger partial charge on any atom is -0.281 e. The Labute approximate surface area is 128 Å². The van der Waals surface area contributed by atoms with Crippen molar-refractivity contribution in [1.29, 1.82) is 0 Å². The van der Waals surface area contributed by atoms with Crippen molar-refractivity contribution >= 4 is 22.4 Å². The molecule has 3 heteroatoms. The van der Waals surface area contributed by atoms with E-state index in [1.807, 2.05) is 49.4 Å². The fourth-order valence-electron chi connectivity index (χ4n) is 2.61. The molecule has 0 N–H and O–H groups in total. The lowest BCUT2D eigenvalue weighted by Crippen LogP contribution is -2.22. The molecule has 3 rings (SSSR count). The first-order chi connectivity index (χ1) is 10.1. The summed E-state index contributed by atoms with van der Waals surface area (Å²) < 4.78 is 1.76. The maximum absolute atomic E-state index is 12.9. The molecule has 0 spiro atoms. The van der Waals surface area contributed by atoms with Gasteiger partial charge in [0.1, 0.15) is 0 Å². The summed E-state index contributed by atoms with van der Waals surface area (Å²) in [4.78, 5) is 12.9. The van der Waals surface area contributed by atoms with Crippen LogP contribution in [0.25, 0.3) is 16.5 Å². The highest BCUT2D eigenvalue weighted by atomic mass is 35.5. The average Bonchev–Trinajstić information content (AvgIpc) is 2.48. The highest BCUT2D eigenvalue weighted by Gasteiger charge is 2.12. The van der Waals surface area contributed by atoms with Crippen molar-refractivity contribution in [1.82, 2.24) is 4.57 Å². The van der Waals surface area contributed by atoms with Crippen LogP contribution in [-0.2, 0) is 6.42 Å². The predicted molar refractivity (Wildman–Crippen MR) is 88.7 cm³/mol. The van der Waals surface area contributed by atoms with E-state index < -0.39 is 0 Å². The van der Waals surface area contributed by atoms with Crippen LogP contribution in [0.5, 0.6) is 0 Å². The second-order valence-electron chi connectivity index (χ2n) is 5.17. The van der Waals surface area contributed by atoms with Crippen LogP contribution in [0.15, 0.2) is 53.3 Å². The Morgan fingerprint density at radius 3 is 2.48 bits per heavy atom. The molecule has 2 nitrogen and oxygen atoms in total. The number of aromatic nitrogens is 1. The van der Waals surface area contributed by atoms with E-state index in [2.05, 4.69) is 6.92 Å². The number of rotatable bonds is 2. The Kier molecular flexibility index (Phi) is 3.56. The van der Waals surface area contributed by atoms with E-state index >= 15 is 0 Å². The molecule has 0 fully saturated rings. The number of hydrogen-bond acceptors (Lipinski definition) is 1. The molecule has 0 aliphatic rings.